The fourth-order valence-electron chi connectivity index (χ4n) is 3.08. The minimum atomic E-state index is -0.843. The highest BCUT2D eigenvalue weighted by molar-refractivity contribution is 5.80. The fraction of sp³-hybridized carbons (Fsp3) is 0.278. The van der Waals surface area contributed by atoms with Crippen LogP contribution in [0.3, 0.4) is 0 Å². The summed E-state index contributed by atoms with van der Waals surface area (Å²) in [6.45, 7) is 0. The lowest BCUT2D eigenvalue weighted by Crippen LogP contribution is -2.27. The topological polar surface area (TPSA) is 79.3 Å². The van der Waals surface area contributed by atoms with Crippen LogP contribution in [0.25, 0.3) is 0 Å². The van der Waals surface area contributed by atoms with Crippen molar-refractivity contribution in [2.24, 2.45) is 0 Å². The molecule has 1 amide bonds. The van der Waals surface area contributed by atoms with Gasteiger partial charge in [-0.1, -0.05) is 30.3 Å². The van der Waals surface area contributed by atoms with Crippen LogP contribution < -0.4 is 5.32 Å². The molecule has 118 valence electrons. The maximum atomic E-state index is 12.2. The van der Waals surface area contributed by atoms with Gasteiger partial charge in [0.25, 0.3) is 0 Å². The molecule has 2 N–H and O–H groups in total. The molecule has 2 aromatic rings. The number of hydrogen-bond acceptors (Lipinski definition) is 3. The molecular weight excluding hydrogens is 292 g/mol. The highest BCUT2D eigenvalue weighted by Crippen LogP contribution is 2.40. The van der Waals surface area contributed by atoms with Crippen LogP contribution in [0.15, 0.2) is 48.8 Å². The Balaban J connectivity index is 1.64. The van der Waals surface area contributed by atoms with E-state index in [0.29, 0.717) is 19.3 Å². The van der Waals surface area contributed by atoms with Crippen molar-refractivity contribution in [1.29, 1.82) is 0 Å². The highest BCUT2D eigenvalue weighted by Gasteiger charge is 2.35. The van der Waals surface area contributed by atoms with Gasteiger partial charge in [-0.05, 0) is 35.6 Å². The van der Waals surface area contributed by atoms with Crippen LogP contribution in [0.4, 0.5) is 0 Å². The van der Waals surface area contributed by atoms with E-state index in [-0.39, 0.29) is 11.9 Å². The zero-order valence-corrected chi connectivity index (χ0v) is 12.6. The number of carbonyl (C=O) groups is 2. The molecule has 0 bridgehead atoms. The Morgan fingerprint density at radius 2 is 1.96 bits per heavy atom. The first kappa shape index (κ1) is 15.2. The van der Waals surface area contributed by atoms with Gasteiger partial charge < -0.3 is 10.4 Å². The SMILES string of the molecule is O=C(CCc1cccnc1)NC1CC(C(=O)O)c2ccccc21. The summed E-state index contributed by atoms with van der Waals surface area (Å²) in [5.74, 6) is -1.46. The molecule has 5 nitrogen and oxygen atoms in total. The van der Waals surface area contributed by atoms with E-state index >= 15 is 0 Å². The first-order chi connectivity index (χ1) is 11.1. The van der Waals surface area contributed by atoms with Crippen molar-refractivity contribution in [3.8, 4) is 0 Å². The van der Waals surface area contributed by atoms with Crippen LogP contribution in [0, 0.1) is 0 Å². The van der Waals surface area contributed by atoms with E-state index in [1.807, 2.05) is 36.4 Å². The molecule has 1 aliphatic rings. The third-order valence-corrected chi connectivity index (χ3v) is 4.22. The quantitative estimate of drug-likeness (QED) is 0.889. The van der Waals surface area contributed by atoms with Gasteiger partial charge in [-0.2, -0.15) is 0 Å². The largest absolute Gasteiger partial charge is 0.481 e. The Labute approximate surface area is 134 Å². The molecule has 23 heavy (non-hydrogen) atoms. The molecule has 0 fully saturated rings. The predicted molar refractivity (Wildman–Crippen MR) is 84.9 cm³/mol. The van der Waals surface area contributed by atoms with Gasteiger partial charge in [0.15, 0.2) is 0 Å². The van der Waals surface area contributed by atoms with Crippen LogP contribution >= 0.6 is 0 Å². The van der Waals surface area contributed by atoms with E-state index < -0.39 is 11.9 Å². The molecule has 1 heterocycles. The molecule has 1 aromatic carbocycles. The van der Waals surface area contributed by atoms with Crippen LogP contribution in [0.5, 0.6) is 0 Å². The molecule has 1 aromatic heterocycles. The third kappa shape index (κ3) is 3.39. The molecule has 0 radical (unpaired) electrons. The molecule has 0 spiro atoms. The van der Waals surface area contributed by atoms with Crippen molar-refractivity contribution in [2.75, 3.05) is 0 Å². The van der Waals surface area contributed by atoms with E-state index in [1.165, 1.54) is 0 Å². The average molecular weight is 310 g/mol. The van der Waals surface area contributed by atoms with Crippen LogP contribution in [-0.4, -0.2) is 22.0 Å². The second-order valence-corrected chi connectivity index (χ2v) is 5.74. The minimum absolute atomic E-state index is 0.0697. The maximum Gasteiger partial charge on any atom is 0.311 e. The zero-order chi connectivity index (χ0) is 16.2. The molecular formula is C18H18N2O3. The third-order valence-electron chi connectivity index (χ3n) is 4.22. The number of carboxylic acids is 1. The number of rotatable bonds is 5. The molecule has 3 rings (SSSR count). The summed E-state index contributed by atoms with van der Waals surface area (Å²) >= 11 is 0. The number of aryl methyl sites for hydroxylation is 1. The van der Waals surface area contributed by atoms with Gasteiger partial charge in [-0.3, -0.25) is 14.6 Å². The van der Waals surface area contributed by atoms with Crippen LogP contribution in [0.2, 0.25) is 0 Å². The number of carboxylic acid groups (broad SMARTS) is 1. The summed E-state index contributed by atoms with van der Waals surface area (Å²) in [6.07, 6.45) is 4.84. The summed E-state index contributed by atoms with van der Waals surface area (Å²) in [7, 11) is 0. The van der Waals surface area contributed by atoms with Crippen molar-refractivity contribution in [3.05, 3.63) is 65.5 Å². The molecule has 0 saturated heterocycles. The number of benzene rings is 1. The minimum Gasteiger partial charge on any atom is -0.481 e. The van der Waals surface area contributed by atoms with E-state index in [4.69, 9.17) is 0 Å². The van der Waals surface area contributed by atoms with Gasteiger partial charge >= 0.3 is 5.97 Å². The smallest absolute Gasteiger partial charge is 0.311 e. The Morgan fingerprint density at radius 1 is 1.17 bits per heavy atom. The molecule has 2 atom stereocenters. The molecule has 1 aliphatic carbocycles. The van der Waals surface area contributed by atoms with Gasteiger partial charge in [0.2, 0.25) is 5.91 Å². The summed E-state index contributed by atoms with van der Waals surface area (Å²) in [6, 6.07) is 11.0. The standard InChI is InChI=1S/C18H18N2O3/c21-17(8-7-12-4-3-9-19-11-12)20-16-10-15(18(22)23)13-5-1-2-6-14(13)16/h1-6,9,11,15-16H,7-8,10H2,(H,20,21)(H,22,23). The Kier molecular flexibility index (Phi) is 4.37. The van der Waals surface area contributed by atoms with Crippen LogP contribution in [0.1, 0.15) is 41.5 Å². The summed E-state index contributed by atoms with van der Waals surface area (Å²) in [4.78, 5) is 27.6. The molecule has 0 aliphatic heterocycles. The number of aromatic nitrogens is 1. The lowest BCUT2D eigenvalue weighted by Gasteiger charge is -2.14. The number of nitrogens with zero attached hydrogens (tertiary/aromatic N) is 1. The van der Waals surface area contributed by atoms with Crippen molar-refractivity contribution in [2.45, 2.75) is 31.2 Å². The predicted octanol–water partition coefficient (Wildman–Crippen LogP) is 2.44. The van der Waals surface area contributed by atoms with E-state index in [1.54, 1.807) is 12.4 Å². The first-order valence-corrected chi connectivity index (χ1v) is 7.65. The Bertz CT molecular complexity index is 715. The average Bonchev–Trinajstić information content (AvgIpc) is 2.93. The zero-order valence-electron chi connectivity index (χ0n) is 12.6. The lowest BCUT2D eigenvalue weighted by molar-refractivity contribution is -0.139. The second kappa shape index (κ2) is 6.60. The van der Waals surface area contributed by atoms with Gasteiger partial charge in [-0.15, -0.1) is 0 Å². The number of hydrogen-bond donors (Lipinski definition) is 2. The van der Waals surface area contributed by atoms with Gasteiger partial charge in [-0.25, -0.2) is 0 Å². The number of fused-ring (bicyclic) bond motifs is 1. The lowest BCUT2D eigenvalue weighted by atomic mass is 10.0. The monoisotopic (exact) mass is 310 g/mol. The van der Waals surface area contributed by atoms with Crippen molar-refractivity contribution < 1.29 is 14.7 Å². The van der Waals surface area contributed by atoms with Crippen molar-refractivity contribution in [1.82, 2.24) is 10.3 Å². The highest BCUT2D eigenvalue weighted by atomic mass is 16.4. The van der Waals surface area contributed by atoms with Gasteiger partial charge in [0.05, 0.1) is 12.0 Å². The van der Waals surface area contributed by atoms with Crippen molar-refractivity contribution in [3.63, 3.8) is 0 Å². The first-order valence-electron chi connectivity index (χ1n) is 7.65. The van der Waals surface area contributed by atoms with E-state index in [0.717, 1.165) is 16.7 Å². The number of amides is 1. The number of nitrogens with one attached hydrogen (secondary N) is 1. The molecule has 5 heteroatoms. The van der Waals surface area contributed by atoms with E-state index in [2.05, 4.69) is 10.3 Å². The number of pyridine rings is 1. The normalized spacial score (nSPS) is 19.1. The fourth-order valence-corrected chi connectivity index (χ4v) is 3.08. The van der Waals surface area contributed by atoms with Crippen LogP contribution in [-0.2, 0) is 16.0 Å². The summed E-state index contributed by atoms with van der Waals surface area (Å²) in [5.41, 5.74) is 2.73. The molecule has 0 saturated carbocycles. The number of carbonyl (C=O) groups excluding carboxylic acids is 1. The van der Waals surface area contributed by atoms with Gasteiger partial charge in [0.1, 0.15) is 0 Å². The summed E-state index contributed by atoms with van der Waals surface area (Å²) < 4.78 is 0. The maximum absolute atomic E-state index is 12.2. The Morgan fingerprint density at radius 3 is 2.65 bits per heavy atom. The van der Waals surface area contributed by atoms with Gasteiger partial charge in [0, 0.05) is 18.8 Å². The number of aliphatic carboxylic acids is 1. The van der Waals surface area contributed by atoms with Crippen molar-refractivity contribution >= 4 is 11.9 Å². The Hall–Kier alpha value is -2.69. The molecule has 2 unspecified atom stereocenters. The van der Waals surface area contributed by atoms with E-state index in [9.17, 15) is 14.7 Å². The summed E-state index contributed by atoms with van der Waals surface area (Å²) in [5, 5.41) is 12.3. The second-order valence-electron chi connectivity index (χ2n) is 5.74.